The summed E-state index contributed by atoms with van der Waals surface area (Å²) in [6, 6.07) is 17.0. The number of methoxy groups -OCH3 is 1. The van der Waals surface area contributed by atoms with Crippen molar-refractivity contribution in [2.24, 2.45) is 0 Å². The maximum absolute atomic E-state index is 12.5. The summed E-state index contributed by atoms with van der Waals surface area (Å²) in [6.07, 6.45) is 0.828. The lowest BCUT2D eigenvalue weighted by molar-refractivity contribution is 0.0951. The highest BCUT2D eigenvalue weighted by Crippen LogP contribution is 2.27. The molecule has 1 amide bonds. The van der Waals surface area contributed by atoms with E-state index in [1.807, 2.05) is 53.9 Å². The second kappa shape index (κ2) is 9.06. The molecule has 0 saturated heterocycles. The summed E-state index contributed by atoms with van der Waals surface area (Å²) in [5.74, 6) is 1.24. The SMILES string of the molecule is COc1ccccc1OCc1ccccc1C(=O)NCCc1ccsc1. The van der Waals surface area contributed by atoms with E-state index >= 15 is 0 Å². The van der Waals surface area contributed by atoms with Gasteiger partial charge in [0.25, 0.3) is 5.91 Å². The molecule has 0 aliphatic rings. The van der Waals surface area contributed by atoms with Crippen LogP contribution < -0.4 is 14.8 Å². The molecule has 5 heteroatoms. The maximum Gasteiger partial charge on any atom is 0.251 e. The van der Waals surface area contributed by atoms with Gasteiger partial charge < -0.3 is 14.8 Å². The molecule has 1 N–H and O–H groups in total. The Hall–Kier alpha value is -2.79. The molecule has 0 saturated carbocycles. The molecule has 0 bridgehead atoms. The number of ether oxygens (including phenoxy) is 2. The third-order valence-electron chi connectivity index (χ3n) is 3.99. The number of nitrogens with one attached hydrogen (secondary N) is 1. The van der Waals surface area contributed by atoms with Crippen LogP contribution in [0.3, 0.4) is 0 Å². The zero-order valence-electron chi connectivity index (χ0n) is 14.6. The molecule has 0 radical (unpaired) electrons. The Balaban J connectivity index is 1.62. The first-order valence-electron chi connectivity index (χ1n) is 8.41. The molecule has 1 aromatic heterocycles. The van der Waals surface area contributed by atoms with E-state index in [1.54, 1.807) is 18.4 Å². The Kier molecular flexibility index (Phi) is 6.28. The van der Waals surface area contributed by atoms with Gasteiger partial charge in [-0.2, -0.15) is 11.3 Å². The molecule has 0 aliphatic heterocycles. The van der Waals surface area contributed by atoms with Gasteiger partial charge in [0.2, 0.25) is 0 Å². The normalized spacial score (nSPS) is 10.3. The summed E-state index contributed by atoms with van der Waals surface area (Å²) >= 11 is 1.67. The third kappa shape index (κ3) is 4.64. The molecular formula is C21H21NO3S. The number of benzene rings is 2. The molecule has 134 valence electrons. The number of thiophene rings is 1. The zero-order valence-corrected chi connectivity index (χ0v) is 15.4. The van der Waals surface area contributed by atoms with Crippen LogP contribution >= 0.6 is 11.3 Å². The minimum atomic E-state index is -0.0838. The summed E-state index contributed by atoms with van der Waals surface area (Å²) in [7, 11) is 1.61. The van der Waals surface area contributed by atoms with Gasteiger partial charge in [-0.3, -0.25) is 4.79 Å². The van der Waals surface area contributed by atoms with Crippen molar-refractivity contribution in [3.8, 4) is 11.5 Å². The van der Waals surface area contributed by atoms with Gasteiger partial charge in [0.15, 0.2) is 11.5 Å². The monoisotopic (exact) mass is 367 g/mol. The molecule has 26 heavy (non-hydrogen) atoms. The molecule has 0 spiro atoms. The topological polar surface area (TPSA) is 47.6 Å². The summed E-state index contributed by atoms with van der Waals surface area (Å²) in [5.41, 5.74) is 2.71. The molecule has 0 fully saturated rings. The van der Waals surface area contributed by atoms with Gasteiger partial charge in [-0.25, -0.2) is 0 Å². The van der Waals surface area contributed by atoms with E-state index < -0.39 is 0 Å². The van der Waals surface area contributed by atoms with Crippen molar-refractivity contribution in [3.63, 3.8) is 0 Å². The molecule has 4 nitrogen and oxygen atoms in total. The van der Waals surface area contributed by atoms with Crippen molar-refractivity contribution in [2.45, 2.75) is 13.0 Å². The van der Waals surface area contributed by atoms with Crippen LogP contribution in [0.25, 0.3) is 0 Å². The smallest absolute Gasteiger partial charge is 0.251 e. The van der Waals surface area contributed by atoms with Crippen molar-refractivity contribution in [2.75, 3.05) is 13.7 Å². The standard InChI is InChI=1S/C21H21NO3S/c1-24-19-8-4-5-9-20(19)25-14-17-6-2-3-7-18(17)21(23)22-12-10-16-11-13-26-15-16/h2-9,11,13,15H,10,12,14H2,1H3,(H,22,23). The van der Waals surface area contributed by atoms with E-state index in [1.165, 1.54) is 5.56 Å². The van der Waals surface area contributed by atoms with E-state index in [0.29, 0.717) is 30.2 Å². The molecule has 0 aliphatic carbocycles. The van der Waals surface area contributed by atoms with Gasteiger partial charge in [-0.1, -0.05) is 30.3 Å². The molecule has 3 aromatic rings. The van der Waals surface area contributed by atoms with Crippen LogP contribution in [-0.2, 0) is 13.0 Å². The summed E-state index contributed by atoms with van der Waals surface area (Å²) in [4.78, 5) is 12.5. The fourth-order valence-electron chi connectivity index (χ4n) is 2.61. The van der Waals surface area contributed by atoms with Crippen molar-refractivity contribution < 1.29 is 14.3 Å². The van der Waals surface area contributed by atoms with Crippen LogP contribution in [0.1, 0.15) is 21.5 Å². The van der Waals surface area contributed by atoms with Crippen LogP contribution in [0.15, 0.2) is 65.4 Å². The van der Waals surface area contributed by atoms with Gasteiger partial charge in [0, 0.05) is 17.7 Å². The quantitative estimate of drug-likeness (QED) is 0.645. The molecular weight excluding hydrogens is 346 g/mol. The van der Waals surface area contributed by atoms with Crippen LogP contribution in [0.4, 0.5) is 0 Å². The van der Waals surface area contributed by atoms with E-state index in [0.717, 1.165) is 12.0 Å². The fraction of sp³-hybridized carbons (Fsp3) is 0.190. The van der Waals surface area contributed by atoms with E-state index in [2.05, 4.69) is 16.8 Å². The van der Waals surface area contributed by atoms with E-state index in [-0.39, 0.29) is 5.91 Å². The Bertz CT molecular complexity index is 846. The van der Waals surface area contributed by atoms with Crippen LogP contribution in [0.2, 0.25) is 0 Å². The molecule has 1 heterocycles. The largest absolute Gasteiger partial charge is 0.493 e. The van der Waals surface area contributed by atoms with Gasteiger partial charge in [0.05, 0.1) is 7.11 Å². The predicted molar refractivity (Wildman–Crippen MR) is 104 cm³/mol. The minimum absolute atomic E-state index is 0.0838. The molecule has 2 aromatic carbocycles. The lowest BCUT2D eigenvalue weighted by atomic mass is 10.1. The van der Waals surface area contributed by atoms with Crippen LogP contribution in [-0.4, -0.2) is 19.6 Å². The highest BCUT2D eigenvalue weighted by molar-refractivity contribution is 7.07. The number of carbonyl (C=O) groups excluding carboxylic acids is 1. The molecule has 3 rings (SSSR count). The third-order valence-corrected chi connectivity index (χ3v) is 4.73. The molecule has 0 unspecified atom stereocenters. The number of hydrogen-bond donors (Lipinski definition) is 1. The van der Waals surface area contributed by atoms with Gasteiger partial charge in [-0.15, -0.1) is 0 Å². The molecule has 0 atom stereocenters. The number of carbonyl (C=O) groups is 1. The Morgan fingerprint density at radius 3 is 2.58 bits per heavy atom. The highest BCUT2D eigenvalue weighted by atomic mass is 32.1. The van der Waals surface area contributed by atoms with Crippen molar-refractivity contribution in [3.05, 3.63) is 82.0 Å². The number of para-hydroxylation sites is 2. The first-order valence-corrected chi connectivity index (χ1v) is 9.35. The average molecular weight is 367 g/mol. The Morgan fingerprint density at radius 1 is 1.04 bits per heavy atom. The average Bonchev–Trinajstić information content (AvgIpc) is 3.20. The van der Waals surface area contributed by atoms with Crippen molar-refractivity contribution in [1.29, 1.82) is 0 Å². The van der Waals surface area contributed by atoms with E-state index in [4.69, 9.17) is 9.47 Å². The summed E-state index contributed by atoms with van der Waals surface area (Å²) in [5, 5.41) is 7.13. The highest BCUT2D eigenvalue weighted by Gasteiger charge is 2.12. The van der Waals surface area contributed by atoms with Crippen molar-refractivity contribution >= 4 is 17.2 Å². The zero-order chi connectivity index (χ0) is 18.2. The predicted octanol–water partition coefficient (Wildman–Crippen LogP) is 4.31. The van der Waals surface area contributed by atoms with Crippen molar-refractivity contribution in [1.82, 2.24) is 5.32 Å². The Labute approximate surface area is 157 Å². The lowest BCUT2D eigenvalue weighted by Gasteiger charge is -2.13. The number of rotatable bonds is 8. The number of hydrogen-bond acceptors (Lipinski definition) is 4. The maximum atomic E-state index is 12.5. The summed E-state index contributed by atoms with van der Waals surface area (Å²) < 4.78 is 11.2. The van der Waals surface area contributed by atoms with Crippen LogP contribution in [0.5, 0.6) is 11.5 Å². The second-order valence-electron chi connectivity index (χ2n) is 5.73. The first kappa shape index (κ1) is 18.0. The second-order valence-corrected chi connectivity index (χ2v) is 6.51. The van der Waals surface area contributed by atoms with E-state index in [9.17, 15) is 4.79 Å². The summed E-state index contributed by atoms with van der Waals surface area (Å²) in [6.45, 7) is 0.908. The van der Waals surface area contributed by atoms with Gasteiger partial charge in [-0.05, 0) is 47.0 Å². The van der Waals surface area contributed by atoms with Crippen LogP contribution in [0, 0.1) is 0 Å². The number of amides is 1. The minimum Gasteiger partial charge on any atom is -0.493 e. The van der Waals surface area contributed by atoms with Gasteiger partial charge >= 0.3 is 0 Å². The lowest BCUT2D eigenvalue weighted by Crippen LogP contribution is -2.26. The first-order chi connectivity index (χ1) is 12.8. The Morgan fingerprint density at radius 2 is 1.81 bits per heavy atom. The van der Waals surface area contributed by atoms with Gasteiger partial charge in [0.1, 0.15) is 6.61 Å². The fourth-order valence-corrected chi connectivity index (χ4v) is 3.31.